The number of anilines is 3. The van der Waals surface area contributed by atoms with Gasteiger partial charge in [-0.25, -0.2) is 14.3 Å². The van der Waals surface area contributed by atoms with E-state index >= 15 is 0 Å². The Hall–Kier alpha value is -4.95. The van der Waals surface area contributed by atoms with E-state index in [4.69, 9.17) is 10.00 Å². The fraction of sp³-hybridized carbons (Fsp3) is 0.276. The number of rotatable bonds is 11. The highest BCUT2D eigenvalue weighted by Gasteiger charge is 2.18. The summed E-state index contributed by atoms with van der Waals surface area (Å²) in [5, 5.41) is 24.9. The molecule has 2 N–H and O–H groups in total. The van der Waals surface area contributed by atoms with Crippen molar-refractivity contribution in [3.8, 4) is 6.07 Å². The molecule has 0 unspecified atom stereocenters. The van der Waals surface area contributed by atoms with Crippen molar-refractivity contribution in [3.05, 3.63) is 78.4 Å². The molecule has 40 heavy (non-hydrogen) atoms. The van der Waals surface area contributed by atoms with Gasteiger partial charge >= 0.3 is 6.09 Å². The lowest BCUT2D eigenvalue weighted by Gasteiger charge is -2.14. The standard InChI is InChI=1S/C29H31N9O2/c1-3-24-25(35-29(39)40-15-14-36(2)13-7-12-30)19-38-27(24)28(31-20-33-38)34-23-10-11-26-22(16-23)17-32-37(26)18-21-8-5-4-6-9-21/h4-6,8-11,16-17,19-20H,3,7,13-15,18H2,1-2H3,(H,35,39)(H,31,33,34). The number of carbonyl (C=O) groups excluding carboxylic acids is 1. The van der Waals surface area contributed by atoms with E-state index in [1.165, 1.54) is 11.9 Å². The quantitative estimate of drug-likeness (QED) is 0.246. The monoisotopic (exact) mass is 537 g/mol. The summed E-state index contributed by atoms with van der Waals surface area (Å²) < 4.78 is 9.05. The first-order valence-electron chi connectivity index (χ1n) is 13.2. The molecule has 0 aliphatic rings. The fourth-order valence-electron chi connectivity index (χ4n) is 4.61. The molecule has 1 amide bonds. The number of likely N-dealkylation sites (N-methyl/N-ethyl adjacent to an activating group) is 1. The molecule has 0 saturated heterocycles. The Balaban J connectivity index is 1.31. The minimum absolute atomic E-state index is 0.222. The molecular weight excluding hydrogens is 506 g/mol. The average Bonchev–Trinajstić information content (AvgIpc) is 3.53. The van der Waals surface area contributed by atoms with Crippen molar-refractivity contribution in [2.75, 3.05) is 37.4 Å². The van der Waals surface area contributed by atoms with Crippen LogP contribution in [0.4, 0.5) is 22.0 Å². The van der Waals surface area contributed by atoms with Gasteiger partial charge in [-0.15, -0.1) is 0 Å². The van der Waals surface area contributed by atoms with Crippen molar-refractivity contribution >= 4 is 39.7 Å². The molecule has 0 bridgehead atoms. The van der Waals surface area contributed by atoms with Gasteiger partial charge in [0.15, 0.2) is 5.82 Å². The van der Waals surface area contributed by atoms with E-state index in [-0.39, 0.29) is 6.61 Å². The van der Waals surface area contributed by atoms with Gasteiger partial charge in [0.05, 0.1) is 36.2 Å². The number of ether oxygens (including phenoxy) is 1. The lowest BCUT2D eigenvalue weighted by atomic mass is 10.2. The number of amides is 1. The number of hydrogen-bond donors (Lipinski definition) is 2. The third-order valence-corrected chi connectivity index (χ3v) is 6.66. The fourth-order valence-corrected chi connectivity index (χ4v) is 4.61. The van der Waals surface area contributed by atoms with Crippen LogP contribution in [0.15, 0.2) is 67.3 Å². The normalized spacial score (nSPS) is 11.2. The molecule has 11 heteroatoms. The van der Waals surface area contributed by atoms with Gasteiger partial charge in [-0.1, -0.05) is 37.3 Å². The number of benzene rings is 2. The zero-order valence-corrected chi connectivity index (χ0v) is 22.5. The predicted octanol–water partition coefficient (Wildman–Crippen LogP) is 4.83. The maximum atomic E-state index is 12.5. The van der Waals surface area contributed by atoms with Crippen LogP contribution >= 0.6 is 0 Å². The molecule has 0 aliphatic carbocycles. The first kappa shape index (κ1) is 26.6. The highest BCUT2D eigenvalue weighted by Crippen LogP contribution is 2.30. The summed E-state index contributed by atoms with van der Waals surface area (Å²) in [6, 6.07) is 18.4. The van der Waals surface area contributed by atoms with E-state index < -0.39 is 6.09 Å². The largest absolute Gasteiger partial charge is 0.448 e. The first-order valence-corrected chi connectivity index (χ1v) is 13.2. The Morgan fingerprint density at radius 3 is 2.80 bits per heavy atom. The maximum Gasteiger partial charge on any atom is 0.411 e. The second-order valence-corrected chi connectivity index (χ2v) is 9.44. The summed E-state index contributed by atoms with van der Waals surface area (Å²) in [4.78, 5) is 18.9. The first-order chi connectivity index (χ1) is 19.6. The zero-order chi connectivity index (χ0) is 27.9. The van der Waals surface area contributed by atoms with Crippen LogP contribution < -0.4 is 10.6 Å². The van der Waals surface area contributed by atoms with Crippen molar-refractivity contribution in [1.29, 1.82) is 5.26 Å². The average molecular weight is 538 g/mol. The van der Waals surface area contributed by atoms with Crippen LogP contribution in [-0.4, -0.2) is 62.1 Å². The van der Waals surface area contributed by atoms with Crippen molar-refractivity contribution in [2.45, 2.75) is 26.3 Å². The molecule has 0 saturated carbocycles. The summed E-state index contributed by atoms with van der Waals surface area (Å²) >= 11 is 0. The molecule has 0 radical (unpaired) electrons. The van der Waals surface area contributed by atoms with Crippen LogP contribution in [-0.2, 0) is 17.7 Å². The molecule has 0 spiro atoms. The van der Waals surface area contributed by atoms with Crippen molar-refractivity contribution in [2.24, 2.45) is 0 Å². The number of nitriles is 1. The Kier molecular flexibility index (Phi) is 8.18. The highest BCUT2D eigenvalue weighted by atomic mass is 16.5. The number of carbonyl (C=O) groups is 1. The molecule has 0 aliphatic heterocycles. The maximum absolute atomic E-state index is 12.5. The molecule has 2 aromatic carbocycles. The van der Waals surface area contributed by atoms with E-state index in [9.17, 15) is 4.79 Å². The van der Waals surface area contributed by atoms with Crippen LogP contribution in [0.1, 0.15) is 24.5 Å². The van der Waals surface area contributed by atoms with Gasteiger partial charge in [0.2, 0.25) is 0 Å². The lowest BCUT2D eigenvalue weighted by molar-refractivity contribution is 0.147. The SMILES string of the molecule is CCc1c(NC(=O)OCCN(C)CCC#N)cn2ncnc(Nc3ccc4c(cnn4Cc4ccccc4)c3)c12. The minimum Gasteiger partial charge on any atom is -0.448 e. The van der Waals surface area contributed by atoms with Gasteiger partial charge in [0, 0.05) is 36.1 Å². The highest BCUT2D eigenvalue weighted by molar-refractivity contribution is 5.91. The zero-order valence-electron chi connectivity index (χ0n) is 22.5. The minimum atomic E-state index is -0.542. The predicted molar refractivity (Wildman–Crippen MR) is 154 cm³/mol. The Morgan fingerprint density at radius 2 is 2.00 bits per heavy atom. The van der Waals surface area contributed by atoms with Crippen LogP contribution in [0.3, 0.4) is 0 Å². The number of nitrogens with zero attached hydrogens (tertiary/aromatic N) is 7. The Morgan fingerprint density at radius 1 is 1.15 bits per heavy atom. The van der Waals surface area contributed by atoms with E-state index in [2.05, 4.69) is 44.0 Å². The molecule has 204 valence electrons. The van der Waals surface area contributed by atoms with E-state index in [0.717, 1.165) is 27.7 Å². The van der Waals surface area contributed by atoms with E-state index in [1.807, 2.05) is 66.1 Å². The number of fused-ring (bicyclic) bond motifs is 2. The Bertz CT molecular complexity index is 1650. The molecule has 5 aromatic rings. The topological polar surface area (TPSA) is 125 Å². The third-order valence-electron chi connectivity index (χ3n) is 6.66. The van der Waals surface area contributed by atoms with Gasteiger partial charge in [-0.2, -0.15) is 15.5 Å². The lowest BCUT2D eigenvalue weighted by Crippen LogP contribution is -2.26. The summed E-state index contributed by atoms with van der Waals surface area (Å²) in [6.07, 6.45) is 5.64. The molecule has 3 heterocycles. The van der Waals surface area contributed by atoms with Crippen molar-refractivity contribution < 1.29 is 9.53 Å². The summed E-state index contributed by atoms with van der Waals surface area (Å²) in [7, 11) is 1.89. The van der Waals surface area contributed by atoms with E-state index in [0.29, 0.717) is 44.0 Å². The number of aryl methyl sites for hydroxylation is 1. The molecule has 5 rings (SSSR count). The molecular formula is C29H31N9O2. The number of nitrogens with one attached hydrogen (secondary N) is 2. The number of aromatic nitrogens is 5. The van der Waals surface area contributed by atoms with Gasteiger partial charge < -0.3 is 15.0 Å². The van der Waals surface area contributed by atoms with Crippen LogP contribution in [0.25, 0.3) is 16.4 Å². The van der Waals surface area contributed by atoms with Gasteiger partial charge in [0.25, 0.3) is 0 Å². The van der Waals surface area contributed by atoms with Gasteiger partial charge in [0.1, 0.15) is 18.5 Å². The van der Waals surface area contributed by atoms with E-state index in [1.54, 1.807) is 10.7 Å². The summed E-state index contributed by atoms with van der Waals surface area (Å²) in [6.45, 7) is 4.11. The summed E-state index contributed by atoms with van der Waals surface area (Å²) in [5.41, 5.74) is 5.38. The van der Waals surface area contributed by atoms with Gasteiger partial charge in [-0.3, -0.25) is 10.00 Å². The summed E-state index contributed by atoms with van der Waals surface area (Å²) in [5.74, 6) is 0.628. The van der Waals surface area contributed by atoms with Crippen molar-refractivity contribution in [3.63, 3.8) is 0 Å². The van der Waals surface area contributed by atoms with Crippen LogP contribution in [0.2, 0.25) is 0 Å². The van der Waals surface area contributed by atoms with Crippen LogP contribution in [0, 0.1) is 11.3 Å². The third kappa shape index (κ3) is 6.03. The second kappa shape index (κ2) is 12.3. The molecule has 0 fully saturated rings. The number of hydrogen-bond acceptors (Lipinski definition) is 8. The van der Waals surface area contributed by atoms with Crippen LogP contribution in [0.5, 0.6) is 0 Å². The Labute approximate surface area is 232 Å². The van der Waals surface area contributed by atoms with Gasteiger partial charge in [-0.05, 0) is 37.2 Å². The second-order valence-electron chi connectivity index (χ2n) is 9.44. The molecule has 0 atom stereocenters. The molecule has 11 nitrogen and oxygen atoms in total. The smallest absolute Gasteiger partial charge is 0.411 e. The molecule has 3 aromatic heterocycles. The van der Waals surface area contributed by atoms with Crippen molar-refractivity contribution in [1.82, 2.24) is 29.3 Å².